The van der Waals surface area contributed by atoms with E-state index in [9.17, 15) is 0 Å². The van der Waals surface area contributed by atoms with E-state index in [0.29, 0.717) is 0 Å². The van der Waals surface area contributed by atoms with E-state index in [-0.39, 0.29) is 0 Å². The first kappa shape index (κ1) is 11.3. The van der Waals surface area contributed by atoms with Gasteiger partial charge in [0.05, 0.1) is 0 Å². The molecule has 1 aromatic rings. The topological polar surface area (TPSA) is 12.0 Å². The Morgan fingerprint density at radius 1 is 1.14 bits per heavy atom. The van der Waals surface area contributed by atoms with E-state index < -0.39 is 0 Å². The Kier molecular flexibility index (Phi) is 5.31. The summed E-state index contributed by atoms with van der Waals surface area (Å²) in [6, 6.07) is 10.8. The first-order valence-corrected chi connectivity index (χ1v) is 5.61. The molecular formula is C13H21N. The molecule has 1 N–H and O–H groups in total. The maximum absolute atomic E-state index is 3.42. The van der Waals surface area contributed by atoms with Gasteiger partial charge in [-0.05, 0) is 31.0 Å². The Morgan fingerprint density at radius 3 is 2.43 bits per heavy atom. The van der Waals surface area contributed by atoms with Gasteiger partial charge in [-0.2, -0.15) is 0 Å². The van der Waals surface area contributed by atoms with Crippen LogP contribution in [0.25, 0.3) is 0 Å². The van der Waals surface area contributed by atoms with Crippen LogP contribution in [0.4, 0.5) is 0 Å². The lowest BCUT2D eigenvalue weighted by molar-refractivity contribution is 0.467. The second kappa shape index (κ2) is 6.61. The zero-order chi connectivity index (χ0) is 10.2. The lowest BCUT2D eigenvalue weighted by Crippen LogP contribution is -2.23. The standard InChI is InChI=1S/C13H21N/c1-3-12(11-14-4-2)10-13-8-6-5-7-9-13/h5-9,12,14H,3-4,10-11H2,1-2H3. The van der Waals surface area contributed by atoms with Crippen LogP contribution >= 0.6 is 0 Å². The second-order valence-electron chi connectivity index (χ2n) is 3.77. The van der Waals surface area contributed by atoms with Crippen LogP contribution < -0.4 is 5.32 Å². The lowest BCUT2D eigenvalue weighted by Gasteiger charge is -2.14. The maximum atomic E-state index is 3.42. The second-order valence-corrected chi connectivity index (χ2v) is 3.77. The lowest BCUT2D eigenvalue weighted by atomic mass is 9.97. The minimum Gasteiger partial charge on any atom is -0.317 e. The van der Waals surface area contributed by atoms with E-state index >= 15 is 0 Å². The van der Waals surface area contributed by atoms with E-state index in [1.54, 1.807) is 0 Å². The van der Waals surface area contributed by atoms with Crippen molar-refractivity contribution in [3.63, 3.8) is 0 Å². The molecule has 0 aliphatic heterocycles. The van der Waals surface area contributed by atoms with Crippen molar-refractivity contribution in [2.75, 3.05) is 13.1 Å². The Bertz CT molecular complexity index is 230. The summed E-state index contributed by atoms with van der Waals surface area (Å²) in [6.07, 6.45) is 2.45. The van der Waals surface area contributed by atoms with Crippen molar-refractivity contribution in [3.05, 3.63) is 35.9 Å². The molecule has 0 amide bonds. The zero-order valence-corrected chi connectivity index (χ0v) is 9.29. The third kappa shape index (κ3) is 3.93. The molecule has 1 heteroatoms. The first-order valence-electron chi connectivity index (χ1n) is 5.61. The Hall–Kier alpha value is -0.820. The minimum atomic E-state index is 0.775. The molecule has 0 spiro atoms. The number of nitrogens with one attached hydrogen (secondary N) is 1. The van der Waals surface area contributed by atoms with Crippen molar-refractivity contribution in [1.82, 2.24) is 5.32 Å². The summed E-state index contributed by atoms with van der Waals surface area (Å²) in [4.78, 5) is 0. The van der Waals surface area contributed by atoms with Gasteiger partial charge in [-0.3, -0.25) is 0 Å². The maximum Gasteiger partial charge on any atom is -0.00176 e. The van der Waals surface area contributed by atoms with Crippen molar-refractivity contribution in [1.29, 1.82) is 0 Å². The molecule has 0 aliphatic carbocycles. The van der Waals surface area contributed by atoms with Crippen LogP contribution in [0.5, 0.6) is 0 Å². The summed E-state index contributed by atoms with van der Waals surface area (Å²) in [5.41, 5.74) is 1.46. The van der Waals surface area contributed by atoms with Crippen LogP contribution in [0.3, 0.4) is 0 Å². The highest BCUT2D eigenvalue weighted by Gasteiger charge is 2.05. The zero-order valence-electron chi connectivity index (χ0n) is 9.29. The monoisotopic (exact) mass is 191 g/mol. The van der Waals surface area contributed by atoms with Crippen molar-refractivity contribution < 1.29 is 0 Å². The average molecular weight is 191 g/mol. The molecule has 0 saturated carbocycles. The van der Waals surface area contributed by atoms with Crippen LogP contribution in [0.2, 0.25) is 0 Å². The molecule has 0 aromatic heterocycles. The summed E-state index contributed by atoms with van der Waals surface area (Å²) in [5.74, 6) is 0.775. The fourth-order valence-electron chi connectivity index (χ4n) is 1.66. The van der Waals surface area contributed by atoms with Gasteiger partial charge in [-0.25, -0.2) is 0 Å². The highest BCUT2D eigenvalue weighted by atomic mass is 14.8. The van der Waals surface area contributed by atoms with Gasteiger partial charge < -0.3 is 5.32 Å². The molecule has 1 rings (SSSR count). The van der Waals surface area contributed by atoms with Crippen molar-refractivity contribution in [2.24, 2.45) is 5.92 Å². The molecule has 1 unspecified atom stereocenters. The van der Waals surface area contributed by atoms with Crippen molar-refractivity contribution in [2.45, 2.75) is 26.7 Å². The summed E-state index contributed by atoms with van der Waals surface area (Å²) in [6.45, 7) is 6.65. The molecule has 0 fully saturated rings. The molecule has 0 radical (unpaired) electrons. The predicted molar refractivity (Wildman–Crippen MR) is 62.5 cm³/mol. The van der Waals surface area contributed by atoms with Gasteiger partial charge in [0.15, 0.2) is 0 Å². The molecular weight excluding hydrogens is 170 g/mol. The Morgan fingerprint density at radius 2 is 1.86 bits per heavy atom. The van der Waals surface area contributed by atoms with Crippen molar-refractivity contribution in [3.8, 4) is 0 Å². The Balaban J connectivity index is 2.40. The fourth-order valence-corrected chi connectivity index (χ4v) is 1.66. The number of hydrogen-bond donors (Lipinski definition) is 1. The molecule has 0 aliphatic rings. The molecule has 78 valence electrons. The average Bonchev–Trinajstić information content (AvgIpc) is 2.25. The van der Waals surface area contributed by atoms with Crippen LogP contribution in [0, 0.1) is 5.92 Å². The number of hydrogen-bond acceptors (Lipinski definition) is 1. The number of rotatable bonds is 6. The first-order chi connectivity index (χ1) is 6.86. The van der Waals surface area contributed by atoms with Gasteiger partial charge in [0.1, 0.15) is 0 Å². The van der Waals surface area contributed by atoms with E-state index in [4.69, 9.17) is 0 Å². The van der Waals surface area contributed by atoms with Gasteiger partial charge >= 0.3 is 0 Å². The molecule has 0 bridgehead atoms. The van der Waals surface area contributed by atoms with Crippen LogP contribution in [0.1, 0.15) is 25.8 Å². The van der Waals surface area contributed by atoms with Gasteiger partial charge in [-0.15, -0.1) is 0 Å². The smallest absolute Gasteiger partial charge is 0.00176 e. The van der Waals surface area contributed by atoms with Crippen molar-refractivity contribution >= 4 is 0 Å². The van der Waals surface area contributed by atoms with Gasteiger partial charge in [0.25, 0.3) is 0 Å². The molecule has 1 atom stereocenters. The van der Waals surface area contributed by atoms with Crippen LogP contribution in [-0.4, -0.2) is 13.1 Å². The third-order valence-corrected chi connectivity index (χ3v) is 2.63. The van der Waals surface area contributed by atoms with E-state index in [0.717, 1.165) is 19.0 Å². The molecule has 0 saturated heterocycles. The van der Waals surface area contributed by atoms with E-state index in [2.05, 4.69) is 49.5 Å². The highest BCUT2D eigenvalue weighted by Crippen LogP contribution is 2.10. The summed E-state index contributed by atoms with van der Waals surface area (Å²) < 4.78 is 0. The normalized spacial score (nSPS) is 12.7. The minimum absolute atomic E-state index is 0.775. The molecule has 0 heterocycles. The third-order valence-electron chi connectivity index (χ3n) is 2.63. The summed E-state index contributed by atoms with van der Waals surface area (Å²) in [7, 11) is 0. The molecule has 1 aromatic carbocycles. The Labute approximate surface area is 87.5 Å². The van der Waals surface area contributed by atoms with E-state index in [1.807, 2.05) is 0 Å². The van der Waals surface area contributed by atoms with Gasteiger partial charge in [0.2, 0.25) is 0 Å². The molecule has 14 heavy (non-hydrogen) atoms. The largest absolute Gasteiger partial charge is 0.317 e. The fraction of sp³-hybridized carbons (Fsp3) is 0.538. The predicted octanol–water partition coefficient (Wildman–Crippen LogP) is 2.86. The number of benzene rings is 1. The SMILES string of the molecule is CCNCC(CC)Cc1ccccc1. The van der Waals surface area contributed by atoms with E-state index in [1.165, 1.54) is 18.4 Å². The highest BCUT2D eigenvalue weighted by molar-refractivity contribution is 5.15. The van der Waals surface area contributed by atoms with Gasteiger partial charge in [-0.1, -0.05) is 50.6 Å². The molecule has 1 nitrogen and oxygen atoms in total. The van der Waals surface area contributed by atoms with Gasteiger partial charge in [0, 0.05) is 0 Å². The van der Waals surface area contributed by atoms with Crippen LogP contribution in [-0.2, 0) is 6.42 Å². The summed E-state index contributed by atoms with van der Waals surface area (Å²) >= 11 is 0. The summed E-state index contributed by atoms with van der Waals surface area (Å²) in [5, 5.41) is 3.42. The van der Waals surface area contributed by atoms with Crippen LogP contribution in [0.15, 0.2) is 30.3 Å². The quantitative estimate of drug-likeness (QED) is 0.729.